The lowest BCUT2D eigenvalue weighted by Gasteiger charge is -2.03. The number of hydrogen-bond acceptors (Lipinski definition) is 7. The van der Waals surface area contributed by atoms with Crippen molar-refractivity contribution >= 4 is 16.0 Å². The maximum absolute atomic E-state index is 11.1. The first-order valence-corrected chi connectivity index (χ1v) is 7.36. The lowest BCUT2D eigenvalue weighted by atomic mass is 10.2. The maximum Gasteiger partial charge on any atom is 0.315 e. The Morgan fingerprint density at radius 3 is 2.50 bits per heavy atom. The number of anilines is 1. The highest BCUT2D eigenvalue weighted by atomic mass is 32.2. The summed E-state index contributed by atoms with van der Waals surface area (Å²) in [5.74, 6) is 0.486. The fraction of sp³-hybridized carbons (Fsp3) is 0.273. The largest absolute Gasteiger partial charge is 0.407 e. The van der Waals surface area contributed by atoms with Crippen molar-refractivity contribution < 1.29 is 12.8 Å². The molecule has 0 saturated carbocycles. The van der Waals surface area contributed by atoms with Crippen LogP contribution < -0.4 is 15.8 Å². The highest BCUT2D eigenvalue weighted by Crippen LogP contribution is 2.11. The van der Waals surface area contributed by atoms with E-state index in [0.29, 0.717) is 25.0 Å². The Morgan fingerprint density at radius 1 is 1.20 bits per heavy atom. The van der Waals surface area contributed by atoms with Gasteiger partial charge in [-0.15, -0.1) is 5.10 Å². The van der Waals surface area contributed by atoms with Gasteiger partial charge in [-0.25, -0.2) is 13.6 Å². The molecule has 4 N–H and O–H groups in total. The van der Waals surface area contributed by atoms with Crippen LogP contribution in [0.4, 0.5) is 6.01 Å². The summed E-state index contributed by atoms with van der Waals surface area (Å²) in [4.78, 5) is 0.0790. The van der Waals surface area contributed by atoms with E-state index in [1.807, 2.05) is 0 Å². The van der Waals surface area contributed by atoms with Gasteiger partial charge in [-0.05, 0) is 24.7 Å². The highest BCUT2D eigenvalue weighted by molar-refractivity contribution is 7.89. The molecule has 1 aromatic carbocycles. The Balaban J connectivity index is 1.96. The quantitative estimate of drug-likeness (QED) is 0.688. The summed E-state index contributed by atoms with van der Waals surface area (Å²) in [7, 11) is -1.88. The van der Waals surface area contributed by atoms with Gasteiger partial charge in [0.15, 0.2) is 0 Å². The van der Waals surface area contributed by atoms with Crippen molar-refractivity contribution in [3.8, 4) is 0 Å². The Kier molecular flexibility index (Phi) is 4.32. The molecule has 0 aliphatic rings. The molecule has 108 valence electrons. The molecule has 1 aromatic heterocycles. The van der Waals surface area contributed by atoms with Gasteiger partial charge in [0.2, 0.25) is 15.9 Å². The summed E-state index contributed by atoms with van der Waals surface area (Å²) >= 11 is 0. The summed E-state index contributed by atoms with van der Waals surface area (Å²) in [6.07, 6.45) is 0. The Morgan fingerprint density at radius 2 is 1.90 bits per heavy atom. The smallest absolute Gasteiger partial charge is 0.315 e. The molecule has 1 heterocycles. The maximum atomic E-state index is 11.1. The number of primary sulfonamides is 1. The zero-order valence-electron chi connectivity index (χ0n) is 10.8. The zero-order valence-corrected chi connectivity index (χ0v) is 11.6. The number of rotatable bonds is 6. The van der Waals surface area contributed by atoms with Gasteiger partial charge in [0.05, 0.1) is 11.4 Å². The fourth-order valence-electron chi connectivity index (χ4n) is 1.52. The van der Waals surface area contributed by atoms with Crippen LogP contribution in [0.25, 0.3) is 0 Å². The standard InChI is InChI=1S/C11H15N5O3S/c1-13-7-10-15-16-11(19-10)14-6-8-2-4-9(5-3-8)20(12,17)18/h2-5,13H,6-7H2,1H3,(H,14,16)(H2,12,17,18). The SMILES string of the molecule is CNCc1nnc(NCc2ccc(S(N)(=O)=O)cc2)o1. The van der Waals surface area contributed by atoms with Gasteiger partial charge in [-0.1, -0.05) is 17.2 Å². The number of nitrogens with one attached hydrogen (secondary N) is 2. The monoisotopic (exact) mass is 297 g/mol. The van der Waals surface area contributed by atoms with Crippen molar-refractivity contribution in [2.45, 2.75) is 18.0 Å². The van der Waals surface area contributed by atoms with E-state index in [4.69, 9.17) is 9.56 Å². The fourth-order valence-corrected chi connectivity index (χ4v) is 2.04. The first-order valence-electron chi connectivity index (χ1n) is 5.81. The molecule has 8 nitrogen and oxygen atoms in total. The number of nitrogens with two attached hydrogens (primary N) is 1. The van der Waals surface area contributed by atoms with Gasteiger partial charge in [0, 0.05) is 6.54 Å². The number of aromatic nitrogens is 2. The molecule has 0 spiro atoms. The van der Waals surface area contributed by atoms with E-state index in [9.17, 15) is 8.42 Å². The predicted molar refractivity (Wildman–Crippen MR) is 72.2 cm³/mol. The summed E-state index contributed by atoms with van der Waals surface area (Å²) in [6, 6.07) is 6.54. The minimum absolute atomic E-state index is 0.0790. The normalized spacial score (nSPS) is 11.5. The number of hydrogen-bond donors (Lipinski definition) is 3. The van der Waals surface area contributed by atoms with E-state index in [1.54, 1.807) is 19.2 Å². The van der Waals surface area contributed by atoms with Crippen molar-refractivity contribution in [3.05, 3.63) is 35.7 Å². The molecule has 0 radical (unpaired) electrons. The van der Waals surface area contributed by atoms with Crippen molar-refractivity contribution in [2.75, 3.05) is 12.4 Å². The van der Waals surface area contributed by atoms with Gasteiger partial charge < -0.3 is 15.1 Å². The van der Waals surface area contributed by atoms with Crippen LogP contribution in [-0.4, -0.2) is 25.7 Å². The van der Waals surface area contributed by atoms with Crippen LogP contribution in [-0.2, 0) is 23.1 Å². The molecule has 0 amide bonds. The first-order chi connectivity index (χ1) is 9.49. The summed E-state index contributed by atoms with van der Waals surface area (Å²) in [6.45, 7) is 0.934. The van der Waals surface area contributed by atoms with Crippen LogP contribution in [0.5, 0.6) is 0 Å². The Bertz CT molecular complexity index is 666. The number of nitrogens with zero attached hydrogens (tertiary/aromatic N) is 2. The van der Waals surface area contributed by atoms with Gasteiger partial charge in [0.1, 0.15) is 0 Å². The van der Waals surface area contributed by atoms with Crippen LogP contribution in [0.1, 0.15) is 11.5 Å². The molecule has 2 aromatic rings. The van der Waals surface area contributed by atoms with Gasteiger partial charge in [0.25, 0.3) is 0 Å². The lowest BCUT2D eigenvalue weighted by Crippen LogP contribution is -2.12. The molecule has 0 aliphatic carbocycles. The van der Waals surface area contributed by atoms with Crippen LogP contribution in [0.3, 0.4) is 0 Å². The first kappa shape index (κ1) is 14.4. The third-order valence-corrected chi connectivity index (χ3v) is 3.42. The molecule has 0 saturated heterocycles. The van der Waals surface area contributed by atoms with E-state index >= 15 is 0 Å². The molecular formula is C11H15N5O3S. The number of sulfonamides is 1. The third-order valence-electron chi connectivity index (χ3n) is 2.49. The van der Waals surface area contributed by atoms with E-state index < -0.39 is 10.0 Å². The topological polar surface area (TPSA) is 123 Å². The second-order valence-electron chi connectivity index (χ2n) is 4.07. The average molecular weight is 297 g/mol. The molecule has 0 unspecified atom stereocenters. The molecule has 0 fully saturated rings. The van der Waals surface area contributed by atoms with Crippen molar-refractivity contribution in [1.82, 2.24) is 15.5 Å². The summed E-state index contributed by atoms with van der Waals surface area (Å²) < 4.78 is 27.5. The highest BCUT2D eigenvalue weighted by Gasteiger charge is 2.07. The minimum atomic E-state index is -3.66. The summed E-state index contributed by atoms with van der Waals surface area (Å²) in [5.41, 5.74) is 0.866. The van der Waals surface area contributed by atoms with E-state index in [1.165, 1.54) is 12.1 Å². The molecule has 9 heteroatoms. The van der Waals surface area contributed by atoms with Gasteiger partial charge in [-0.2, -0.15) is 0 Å². The summed E-state index contributed by atoms with van der Waals surface area (Å²) in [5, 5.41) is 18.5. The van der Waals surface area contributed by atoms with Crippen LogP contribution in [0.2, 0.25) is 0 Å². The Labute approximate surface area is 116 Å². The van der Waals surface area contributed by atoms with Gasteiger partial charge in [-0.3, -0.25) is 0 Å². The predicted octanol–water partition coefficient (Wildman–Crippen LogP) is 0.0485. The van der Waals surface area contributed by atoms with Crippen LogP contribution >= 0.6 is 0 Å². The lowest BCUT2D eigenvalue weighted by molar-refractivity contribution is 0.489. The molecule has 0 atom stereocenters. The average Bonchev–Trinajstić information content (AvgIpc) is 2.84. The van der Waals surface area contributed by atoms with E-state index in [0.717, 1.165) is 5.56 Å². The molecule has 0 aliphatic heterocycles. The van der Waals surface area contributed by atoms with Crippen molar-refractivity contribution in [3.63, 3.8) is 0 Å². The zero-order chi connectivity index (χ0) is 14.6. The molecule has 20 heavy (non-hydrogen) atoms. The van der Waals surface area contributed by atoms with Crippen molar-refractivity contribution in [2.24, 2.45) is 5.14 Å². The van der Waals surface area contributed by atoms with E-state index in [-0.39, 0.29) is 4.90 Å². The third kappa shape index (κ3) is 3.76. The van der Waals surface area contributed by atoms with E-state index in [2.05, 4.69) is 20.8 Å². The molecule has 0 bridgehead atoms. The van der Waals surface area contributed by atoms with Gasteiger partial charge >= 0.3 is 6.01 Å². The Hall–Kier alpha value is -1.97. The van der Waals surface area contributed by atoms with Crippen LogP contribution in [0, 0.1) is 0 Å². The second-order valence-corrected chi connectivity index (χ2v) is 5.64. The number of benzene rings is 1. The molecular weight excluding hydrogens is 282 g/mol. The van der Waals surface area contributed by atoms with Crippen molar-refractivity contribution in [1.29, 1.82) is 0 Å². The molecule has 2 rings (SSSR count). The van der Waals surface area contributed by atoms with Crippen LogP contribution in [0.15, 0.2) is 33.6 Å². The second kappa shape index (κ2) is 5.99. The minimum Gasteiger partial charge on any atom is -0.407 e.